The maximum atomic E-state index is 11.6. The molecular weight excluding hydrogens is 268 g/mol. The summed E-state index contributed by atoms with van der Waals surface area (Å²) in [5.74, 6) is 0.0297. The third-order valence-electron chi connectivity index (χ3n) is 1.95. The van der Waals surface area contributed by atoms with E-state index in [1.54, 1.807) is 13.8 Å². The smallest absolute Gasteiger partial charge is 0.196 e. The molecule has 0 amide bonds. The molecule has 0 spiro atoms. The number of sulfone groups is 1. The first kappa shape index (κ1) is 11.5. The molecule has 78 valence electrons. The molecule has 0 unspecified atom stereocenters. The molecule has 0 radical (unpaired) electrons. The first-order valence-electron chi connectivity index (χ1n) is 4.03. The van der Waals surface area contributed by atoms with Crippen molar-refractivity contribution in [2.75, 3.05) is 11.5 Å². The summed E-state index contributed by atoms with van der Waals surface area (Å²) in [4.78, 5) is 3.82. The van der Waals surface area contributed by atoms with Gasteiger partial charge in [-0.25, -0.2) is 13.4 Å². The van der Waals surface area contributed by atoms with Gasteiger partial charge in [-0.15, -0.1) is 0 Å². The molecule has 0 fully saturated rings. The summed E-state index contributed by atoms with van der Waals surface area (Å²) in [7, 11) is -3.28. The van der Waals surface area contributed by atoms with Crippen molar-refractivity contribution in [1.82, 2.24) is 4.98 Å². The van der Waals surface area contributed by atoms with Crippen molar-refractivity contribution in [3.05, 3.63) is 16.2 Å². The lowest BCUT2D eigenvalue weighted by molar-refractivity contribution is 0.593. The Bertz CT molecular complexity index is 457. The molecule has 0 atom stereocenters. The number of aromatic nitrogens is 1. The Morgan fingerprint density at radius 1 is 1.57 bits per heavy atom. The molecule has 2 N–H and O–H groups in total. The molecule has 14 heavy (non-hydrogen) atoms. The number of anilines is 1. The molecule has 1 aromatic heterocycles. The number of rotatable bonds is 2. The number of nitrogens with two attached hydrogens (primary N) is 1. The number of pyridine rings is 1. The van der Waals surface area contributed by atoms with Crippen LogP contribution in [0.15, 0.2) is 15.7 Å². The van der Waals surface area contributed by atoms with Gasteiger partial charge in [-0.2, -0.15) is 0 Å². The van der Waals surface area contributed by atoms with Crippen LogP contribution in [-0.4, -0.2) is 19.2 Å². The van der Waals surface area contributed by atoms with Gasteiger partial charge in [0.05, 0.1) is 22.1 Å². The van der Waals surface area contributed by atoms with Gasteiger partial charge < -0.3 is 5.73 Å². The Labute approximate surface area is 91.6 Å². The fourth-order valence-corrected chi connectivity index (χ4v) is 2.91. The fraction of sp³-hybridized carbons (Fsp3) is 0.375. The minimum Gasteiger partial charge on any atom is -0.397 e. The van der Waals surface area contributed by atoms with Crippen LogP contribution in [0.5, 0.6) is 0 Å². The largest absolute Gasteiger partial charge is 0.397 e. The van der Waals surface area contributed by atoms with Crippen LogP contribution in [0.25, 0.3) is 0 Å². The van der Waals surface area contributed by atoms with Gasteiger partial charge >= 0.3 is 0 Å². The second-order valence-corrected chi connectivity index (χ2v) is 5.85. The summed E-state index contributed by atoms with van der Waals surface area (Å²) < 4.78 is 23.6. The van der Waals surface area contributed by atoms with E-state index >= 15 is 0 Å². The average molecular weight is 279 g/mol. The van der Waals surface area contributed by atoms with Crippen molar-refractivity contribution >= 4 is 31.5 Å². The highest BCUT2D eigenvalue weighted by Crippen LogP contribution is 2.27. The molecule has 6 heteroatoms. The van der Waals surface area contributed by atoms with Crippen LogP contribution < -0.4 is 5.73 Å². The molecule has 0 bridgehead atoms. The van der Waals surface area contributed by atoms with Gasteiger partial charge in [0.1, 0.15) is 0 Å². The van der Waals surface area contributed by atoms with Crippen molar-refractivity contribution in [3.8, 4) is 0 Å². The Morgan fingerprint density at radius 3 is 2.64 bits per heavy atom. The van der Waals surface area contributed by atoms with Gasteiger partial charge in [0.25, 0.3) is 0 Å². The van der Waals surface area contributed by atoms with Crippen molar-refractivity contribution in [2.45, 2.75) is 18.9 Å². The van der Waals surface area contributed by atoms with Gasteiger partial charge in [0.15, 0.2) is 14.9 Å². The molecular formula is C8H11BrN2O2S. The number of hydrogen-bond donors (Lipinski definition) is 1. The monoisotopic (exact) mass is 278 g/mol. The lowest BCUT2D eigenvalue weighted by Gasteiger charge is -2.07. The predicted molar refractivity (Wildman–Crippen MR) is 58.8 cm³/mol. The van der Waals surface area contributed by atoms with Crippen LogP contribution in [0, 0.1) is 6.92 Å². The Kier molecular flexibility index (Phi) is 3.16. The maximum Gasteiger partial charge on any atom is 0.196 e. The predicted octanol–water partition coefficient (Wildman–Crippen LogP) is 1.53. The lowest BCUT2D eigenvalue weighted by atomic mass is 10.3. The SMILES string of the molecule is CCS(=O)(=O)c1ncc(N)c(C)c1Br. The van der Waals surface area contributed by atoms with Gasteiger partial charge in [-0.1, -0.05) is 6.92 Å². The lowest BCUT2D eigenvalue weighted by Crippen LogP contribution is -2.08. The van der Waals surface area contributed by atoms with E-state index in [4.69, 9.17) is 5.73 Å². The minimum atomic E-state index is -3.28. The van der Waals surface area contributed by atoms with Crippen molar-refractivity contribution in [2.24, 2.45) is 0 Å². The van der Waals surface area contributed by atoms with Gasteiger partial charge in [0.2, 0.25) is 0 Å². The first-order chi connectivity index (χ1) is 6.40. The standard InChI is InChI=1S/C8H11BrN2O2S/c1-3-14(12,13)8-7(9)5(2)6(10)4-11-8/h4H,3,10H2,1-2H3. The van der Waals surface area contributed by atoms with Gasteiger partial charge in [-0.3, -0.25) is 0 Å². The third-order valence-corrected chi connectivity index (χ3v) is 4.84. The van der Waals surface area contributed by atoms with Gasteiger partial charge in [0, 0.05) is 0 Å². The summed E-state index contributed by atoms with van der Waals surface area (Å²) in [6.07, 6.45) is 1.36. The second kappa shape index (κ2) is 3.86. The van der Waals surface area contributed by atoms with Crippen LogP contribution in [0.2, 0.25) is 0 Å². The Hall–Kier alpha value is -0.620. The zero-order chi connectivity index (χ0) is 10.9. The molecule has 0 aliphatic heterocycles. The number of nitrogens with zero attached hydrogens (tertiary/aromatic N) is 1. The summed E-state index contributed by atoms with van der Waals surface area (Å²) in [5, 5.41) is 0.0618. The van der Waals surface area contributed by atoms with Crippen LogP contribution in [0.4, 0.5) is 5.69 Å². The molecule has 4 nitrogen and oxygen atoms in total. The molecule has 0 aromatic carbocycles. The summed E-state index contributed by atoms with van der Waals surface area (Å²) >= 11 is 3.19. The van der Waals surface area contributed by atoms with Crippen LogP contribution >= 0.6 is 15.9 Å². The average Bonchev–Trinajstić information content (AvgIpc) is 2.14. The number of nitrogen functional groups attached to an aromatic ring is 1. The van der Waals surface area contributed by atoms with Crippen LogP contribution in [-0.2, 0) is 9.84 Å². The topological polar surface area (TPSA) is 73.0 Å². The highest BCUT2D eigenvalue weighted by Gasteiger charge is 2.19. The van der Waals surface area contributed by atoms with E-state index in [0.29, 0.717) is 15.7 Å². The highest BCUT2D eigenvalue weighted by atomic mass is 79.9. The zero-order valence-electron chi connectivity index (χ0n) is 7.91. The molecule has 0 aliphatic rings. The van der Waals surface area contributed by atoms with E-state index < -0.39 is 9.84 Å². The molecule has 0 saturated heterocycles. The minimum absolute atomic E-state index is 0.0297. The van der Waals surface area contributed by atoms with Crippen molar-refractivity contribution in [1.29, 1.82) is 0 Å². The summed E-state index contributed by atoms with van der Waals surface area (Å²) in [6, 6.07) is 0. The van der Waals surface area contributed by atoms with E-state index in [-0.39, 0.29) is 10.8 Å². The third kappa shape index (κ3) is 1.90. The van der Waals surface area contributed by atoms with Crippen LogP contribution in [0.3, 0.4) is 0 Å². The highest BCUT2D eigenvalue weighted by molar-refractivity contribution is 9.10. The molecule has 1 aromatic rings. The zero-order valence-corrected chi connectivity index (χ0v) is 10.3. The normalized spacial score (nSPS) is 11.6. The molecule has 1 rings (SSSR count). The quantitative estimate of drug-likeness (QED) is 0.891. The first-order valence-corrected chi connectivity index (χ1v) is 6.48. The fourth-order valence-electron chi connectivity index (χ4n) is 0.922. The second-order valence-electron chi connectivity index (χ2n) is 2.86. The summed E-state index contributed by atoms with van der Waals surface area (Å²) in [6.45, 7) is 3.32. The summed E-state index contributed by atoms with van der Waals surface area (Å²) in [5.41, 5.74) is 6.77. The van der Waals surface area contributed by atoms with E-state index in [1.807, 2.05) is 0 Å². The Balaban J connectivity index is 3.47. The molecule has 0 aliphatic carbocycles. The Morgan fingerprint density at radius 2 is 2.14 bits per heavy atom. The van der Waals surface area contributed by atoms with Crippen molar-refractivity contribution in [3.63, 3.8) is 0 Å². The van der Waals surface area contributed by atoms with E-state index in [1.165, 1.54) is 6.20 Å². The maximum absolute atomic E-state index is 11.6. The molecule has 0 saturated carbocycles. The van der Waals surface area contributed by atoms with E-state index in [0.717, 1.165) is 0 Å². The van der Waals surface area contributed by atoms with Crippen molar-refractivity contribution < 1.29 is 8.42 Å². The van der Waals surface area contributed by atoms with E-state index in [9.17, 15) is 8.42 Å². The van der Waals surface area contributed by atoms with Crippen LogP contribution in [0.1, 0.15) is 12.5 Å². The number of halogens is 1. The van der Waals surface area contributed by atoms with E-state index in [2.05, 4.69) is 20.9 Å². The number of hydrogen-bond acceptors (Lipinski definition) is 4. The molecule has 1 heterocycles. The van der Waals surface area contributed by atoms with Gasteiger partial charge in [-0.05, 0) is 28.4 Å².